The van der Waals surface area contributed by atoms with Crippen LogP contribution >= 0.6 is 0 Å². The number of hydrogen-bond acceptors (Lipinski definition) is 5. The molecule has 2 heterocycles. The monoisotopic (exact) mass is 271 g/mol. The third kappa shape index (κ3) is 3.28. The van der Waals surface area contributed by atoms with Crippen LogP contribution in [0.2, 0.25) is 0 Å². The van der Waals surface area contributed by atoms with E-state index >= 15 is 0 Å². The molecule has 0 aliphatic rings. The second kappa shape index (κ2) is 5.64. The Kier molecular flexibility index (Phi) is 3.93. The van der Waals surface area contributed by atoms with Crippen LogP contribution in [0.4, 0.5) is 11.8 Å². The van der Waals surface area contributed by atoms with E-state index in [0.717, 1.165) is 17.1 Å². The van der Waals surface area contributed by atoms with Crippen LogP contribution in [-0.4, -0.2) is 27.9 Å². The lowest BCUT2D eigenvalue weighted by Crippen LogP contribution is -2.15. The number of carbonyl (C=O) groups is 1. The van der Waals surface area contributed by atoms with Crippen molar-refractivity contribution < 1.29 is 4.79 Å². The molecule has 0 aliphatic heterocycles. The molecule has 0 spiro atoms. The van der Waals surface area contributed by atoms with E-state index in [9.17, 15) is 4.79 Å². The first kappa shape index (κ1) is 13.9. The molecule has 0 radical (unpaired) electrons. The first-order chi connectivity index (χ1) is 9.47. The molecule has 6 nitrogen and oxygen atoms in total. The maximum absolute atomic E-state index is 12.2. The Hall–Kier alpha value is -2.50. The van der Waals surface area contributed by atoms with Crippen LogP contribution in [0.1, 0.15) is 27.4 Å². The van der Waals surface area contributed by atoms with E-state index < -0.39 is 0 Å². The molecule has 0 aromatic carbocycles. The third-order valence-corrected chi connectivity index (χ3v) is 2.68. The van der Waals surface area contributed by atoms with Crippen molar-refractivity contribution in [1.82, 2.24) is 15.0 Å². The summed E-state index contributed by atoms with van der Waals surface area (Å²) >= 11 is 0. The molecule has 0 unspecified atom stereocenters. The summed E-state index contributed by atoms with van der Waals surface area (Å²) in [5.74, 6) is 0.710. The quantitative estimate of drug-likeness (QED) is 0.893. The van der Waals surface area contributed by atoms with E-state index in [-0.39, 0.29) is 5.91 Å². The Morgan fingerprint density at radius 1 is 0.950 bits per heavy atom. The highest BCUT2D eigenvalue weighted by atomic mass is 16.1. The maximum Gasteiger partial charge on any atom is 0.258 e. The molecule has 2 rings (SSSR count). The Morgan fingerprint density at radius 2 is 1.55 bits per heavy atom. The maximum atomic E-state index is 12.2. The summed E-state index contributed by atoms with van der Waals surface area (Å²) in [5.41, 5.74) is 2.91. The van der Waals surface area contributed by atoms with Crippen LogP contribution in [-0.2, 0) is 0 Å². The predicted octanol–water partition coefficient (Wildman–Crippen LogP) is 2.09. The average Bonchev–Trinajstić information content (AvgIpc) is 2.36. The van der Waals surface area contributed by atoms with Crippen LogP contribution in [0, 0.1) is 20.8 Å². The van der Waals surface area contributed by atoms with Gasteiger partial charge in [-0.3, -0.25) is 10.1 Å². The molecule has 1 amide bonds. The molecule has 0 atom stereocenters. The average molecular weight is 271 g/mol. The predicted molar refractivity (Wildman–Crippen MR) is 78.0 cm³/mol. The summed E-state index contributed by atoms with van der Waals surface area (Å²) in [6.07, 6.45) is 0. The van der Waals surface area contributed by atoms with Gasteiger partial charge in [-0.1, -0.05) is 0 Å². The number of anilines is 2. The number of hydrogen-bond donors (Lipinski definition) is 2. The SMILES string of the molecule is CNc1cc(C(=O)Nc2nc(C)cc(C)n2)cc(C)n1. The molecule has 104 valence electrons. The van der Waals surface area contributed by atoms with Crippen LogP contribution < -0.4 is 10.6 Å². The van der Waals surface area contributed by atoms with E-state index in [0.29, 0.717) is 17.3 Å². The first-order valence-corrected chi connectivity index (χ1v) is 6.28. The summed E-state index contributed by atoms with van der Waals surface area (Å²) in [6.45, 7) is 5.56. The van der Waals surface area contributed by atoms with Crippen molar-refractivity contribution in [2.75, 3.05) is 17.7 Å². The first-order valence-electron chi connectivity index (χ1n) is 6.28. The standard InChI is InChI=1S/C14H17N5O/c1-8-5-9(2)18-14(17-8)19-13(20)11-6-10(3)16-12(7-11)15-4/h5-7H,1-4H3,(H,15,16)(H,17,18,19,20). The Balaban J connectivity index is 2.25. The van der Waals surface area contributed by atoms with Gasteiger partial charge < -0.3 is 5.32 Å². The summed E-state index contributed by atoms with van der Waals surface area (Å²) in [4.78, 5) is 24.8. The highest BCUT2D eigenvalue weighted by Gasteiger charge is 2.10. The number of nitrogens with zero attached hydrogens (tertiary/aromatic N) is 3. The third-order valence-electron chi connectivity index (χ3n) is 2.68. The van der Waals surface area contributed by atoms with Crippen LogP contribution in [0.3, 0.4) is 0 Å². The Labute approximate surface area is 117 Å². The molecule has 6 heteroatoms. The minimum absolute atomic E-state index is 0.253. The molecular weight excluding hydrogens is 254 g/mol. The van der Waals surface area contributed by atoms with Gasteiger partial charge in [0.05, 0.1) is 0 Å². The minimum atomic E-state index is -0.253. The number of rotatable bonds is 3. The Bertz CT molecular complexity index is 634. The van der Waals surface area contributed by atoms with Gasteiger partial charge in [0.2, 0.25) is 5.95 Å². The zero-order valence-corrected chi connectivity index (χ0v) is 12.0. The molecule has 0 saturated carbocycles. The van der Waals surface area contributed by atoms with E-state index in [1.54, 1.807) is 19.2 Å². The van der Waals surface area contributed by atoms with Gasteiger partial charge in [0.25, 0.3) is 5.91 Å². The van der Waals surface area contributed by atoms with Crippen molar-refractivity contribution >= 4 is 17.7 Å². The van der Waals surface area contributed by atoms with Gasteiger partial charge >= 0.3 is 0 Å². The highest BCUT2D eigenvalue weighted by Crippen LogP contribution is 2.12. The van der Waals surface area contributed by atoms with Crippen LogP contribution in [0.5, 0.6) is 0 Å². The van der Waals surface area contributed by atoms with Crippen molar-refractivity contribution in [3.63, 3.8) is 0 Å². The zero-order valence-electron chi connectivity index (χ0n) is 12.0. The molecular formula is C14H17N5O. The number of pyridine rings is 1. The number of aryl methyl sites for hydroxylation is 3. The van der Waals surface area contributed by atoms with Gasteiger partial charge in [0, 0.05) is 29.7 Å². The number of nitrogens with one attached hydrogen (secondary N) is 2. The van der Waals surface area contributed by atoms with Crippen LogP contribution in [0.25, 0.3) is 0 Å². The molecule has 0 saturated heterocycles. The fraction of sp³-hybridized carbons (Fsp3) is 0.286. The summed E-state index contributed by atoms with van der Waals surface area (Å²) in [5, 5.41) is 5.62. The lowest BCUT2D eigenvalue weighted by molar-refractivity contribution is 0.102. The van der Waals surface area contributed by atoms with Gasteiger partial charge in [0.1, 0.15) is 5.82 Å². The molecule has 2 aromatic rings. The highest BCUT2D eigenvalue weighted by molar-refractivity contribution is 6.03. The van der Waals surface area contributed by atoms with Crippen molar-refractivity contribution in [2.45, 2.75) is 20.8 Å². The van der Waals surface area contributed by atoms with Gasteiger partial charge in [0.15, 0.2) is 0 Å². The van der Waals surface area contributed by atoms with E-state index in [2.05, 4.69) is 25.6 Å². The molecule has 20 heavy (non-hydrogen) atoms. The van der Waals surface area contributed by atoms with E-state index in [1.165, 1.54) is 0 Å². The van der Waals surface area contributed by atoms with E-state index in [4.69, 9.17) is 0 Å². The number of aromatic nitrogens is 3. The van der Waals surface area contributed by atoms with Crippen molar-refractivity contribution in [3.05, 3.63) is 40.8 Å². The van der Waals surface area contributed by atoms with E-state index in [1.807, 2.05) is 26.8 Å². The summed E-state index contributed by atoms with van der Waals surface area (Å²) in [6, 6.07) is 5.26. The fourth-order valence-electron chi connectivity index (χ4n) is 1.88. The topological polar surface area (TPSA) is 79.8 Å². The summed E-state index contributed by atoms with van der Waals surface area (Å²) in [7, 11) is 1.76. The lowest BCUT2D eigenvalue weighted by Gasteiger charge is -2.08. The second-order valence-corrected chi connectivity index (χ2v) is 4.56. The van der Waals surface area contributed by atoms with Gasteiger partial charge in [-0.15, -0.1) is 0 Å². The molecule has 0 aliphatic carbocycles. The smallest absolute Gasteiger partial charge is 0.258 e. The molecule has 2 aromatic heterocycles. The molecule has 0 bridgehead atoms. The minimum Gasteiger partial charge on any atom is -0.373 e. The Morgan fingerprint density at radius 3 is 2.15 bits per heavy atom. The van der Waals surface area contributed by atoms with Crippen LogP contribution in [0.15, 0.2) is 18.2 Å². The summed E-state index contributed by atoms with van der Waals surface area (Å²) < 4.78 is 0. The van der Waals surface area contributed by atoms with Gasteiger partial charge in [-0.2, -0.15) is 0 Å². The van der Waals surface area contributed by atoms with Crippen molar-refractivity contribution in [3.8, 4) is 0 Å². The van der Waals surface area contributed by atoms with Gasteiger partial charge in [-0.05, 0) is 39.0 Å². The molecule has 0 fully saturated rings. The van der Waals surface area contributed by atoms with Crippen molar-refractivity contribution in [2.24, 2.45) is 0 Å². The largest absolute Gasteiger partial charge is 0.373 e. The zero-order chi connectivity index (χ0) is 14.7. The number of carbonyl (C=O) groups excluding carboxylic acids is 1. The number of amides is 1. The normalized spacial score (nSPS) is 10.2. The van der Waals surface area contributed by atoms with Gasteiger partial charge in [-0.25, -0.2) is 15.0 Å². The second-order valence-electron chi connectivity index (χ2n) is 4.56. The lowest BCUT2D eigenvalue weighted by atomic mass is 10.2. The molecule has 2 N–H and O–H groups in total. The van der Waals surface area contributed by atoms with Crippen molar-refractivity contribution in [1.29, 1.82) is 0 Å². The fourth-order valence-corrected chi connectivity index (χ4v) is 1.88.